The van der Waals surface area contributed by atoms with E-state index in [1.165, 1.54) is 38.5 Å². The van der Waals surface area contributed by atoms with Gasteiger partial charge in [-0.3, -0.25) is 4.79 Å². The number of amides is 1. The highest BCUT2D eigenvalue weighted by molar-refractivity contribution is 5.76. The predicted molar refractivity (Wildman–Crippen MR) is 86.4 cm³/mol. The van der Waals surface area contributed by atoms with E-state index >= 15 is 0 Å². The van der Waals surface area contributed by atoms with Gasteiger partial charge in [-0.25, -0.2) is 0 Å². The highest BCUT2D eigenvalue weighted by Gasteiger charge is 2.53. The highest BCUT2D eigenvalue weighted by atomic mass is 16.5. The molecule has 0 aromatic heterocycles. The third-order valence-electron chi connectivity index (χ3n) is 7.20. The van der Waals surface area contributed by atoms with Gasteiger partial charge in [0.05, 0.1) is 0 Å². The number of carbonyl (C=O) groups is 1. The maximum atomic E-state index is 12.5. The van der Waals surface area contributed by atoms with Gasteiger partial charge in [-0.15, -0.1) is 0 Å². The molecule has 4 bridgehead atoms. The summed E-state index contributed by atoms with van der Waals surface area (Å²) in [6.07, 6.45) is 11.4. The van der Waals surface area contributed by atoms with Crippen LogP contribution in [0.5, 0.6) is 0 Å². The molecule has 1 heterocycles. The molecule has 0 spiro atoms. The van der Waals surface area contributed by atoms with Gasteiger partial charge in [0.25, 0.3) is 0 Å². The molecule has 3 nitrogen and oxygen atoms in total. The molecular formula is C19H31NO2. The van der Waals surface area contributed by atoms with E-state index in [2.05, 4.69) is 12.2 Å². The Kier molecular flexibility index (Phi) is 3.96. The average molecular weight is 305 g/mol. The van der Waals surface area contributed by atoms with Crippen LogP contribution in [0, 0.1) is 29.1 Å². The SMILES string of the molecule is CC(NC(=O)CC1CCOCC1)C12CC3CC(CC(C3)C1)C2. The monoisotopic (exact) mass is 305 g/mol. The largest absolute Gasteiger partial charge is 0.381 e. The van der Waals surface area contributed by atoms with E-state index < -0.39 is 0 Å². The van der Waals surface area contributed by atoms with E-state index in [-0.39, 0.29) is 5.91 Å². The summed E-state index contributed by atoms with van der Waals surface area (Å²) in [7, 11) is 0. The molecule has 0 aromatic carbocycles. The third-order valence-corrected chi connectivity index (χ3v) is 7.20. The van der Waals surface area contributed by atoms with Crippen LogP contribution in [0.3, 0.4) is 0 Å². The van der Waals surface area contributed by atoms with Crippen molar-refractivity contribution in [2.75, 3.05) is 13.2 Å². The van der Waals surface area contributed by atoms with E-state index in [9.17, 15) is 4.79 Å². The molecule has 1 N–H and O–H groups in total. The van der Waals surface area contributed by atoms with Gasteiger partial charge in [-0.2, -0.15) is 0 Å². The molecule has 0 radical (unpaired) electrons. The molecule has 3 heteroatoms. The second-order valence-corrected chi connectivity index (χ2v) is 8.83. The van der Waals surface area contributed by atoms with Crippen molar-refractivity contribution in [1.82, 2.24) is 5.32 Å². The molecule has 0 aromatic rings. The lowest BCUT2D eigenvalue weighted by Crippen LogP contribution is -2.56. The summed E-state index contributed by atoms with van der Waals surface area (Å²) in [5.74, 6) is 3.70. The number of nitrogens with one attached hydrogen (secondary N) is 1. The summed E-state index contributed by atoms with van der Waals surface area (Å²) in [4.78, 5) is 12.5. The number of carbonyl (C=O) groups excluding carboxylic acids is 1. The van der Waals surface area contributed by atoms with Crippen LogP contribution >= 0.6 is 0 Å². The zero-order chi connectivity index (χ0) is 15.2. The molecule has 1 unspecified atom stereocenters. The topological polar surface area (TPSA) is 38.3 Å². The van der Waals surface area contributed by atoms with Crippen LogP contribution in [0.15, 0.2) is 0 Å². The Morgan fingerprint density at radius 3 is 2.18 bits per heavy atom. The van der Waals surface area contributed by atoms with Crippen molar-refractivity contribution in [1.29, 1.82) is 0 Å². The van der Waals surface area contributed by atoms with Crippen LogP contribution in [-0.4, -0.2) is 25.2 Å². The van der Waals surface area contributed by atoms with Gasteiger partial charge in [0.15, 0.2) is 0 Å². The van der Waals surface area contributed by atoms with Gasteiger partial charge in [0.2, 0.25) is 5.91 Å². The van der Waals surface area contributed by atoms with Crippen molar-refractivity contribution in [2.45, 2.75) is 70.8 Å². The van der Waals surface area contributed by atoms with Crippen LogP contribution in [0.1, 0.15) is 64.7 Å². The van der Waals surface area contributed by atoms with Crippen molar-refractivity contribution < 1.29 is 9.53 Å². The molecule has 4 saturated carbocycles. The molecule has 5 rings (SSSR count). The molecule has 1 aliphatic heterocycles. The number of hydrogen-bond donors (Lipinski definition) is 1. The fraction of sp³-hybridized carbons (Fsp3) is 0.947. The second-order valence-electron chi connectivity index (χ2n) is 8.83. The molecule has 1 atom stereocenters. The smallest absolute Gasteiger partial charge is 0.220 e. The van der Waals surface area contributed by atoms with E-state index in [0.29, 0.717) is 23.8 Å². The summed E-state index contributed by atoms with van der Waals surface area (Å²) in [6, 6.07) is 0.369. The number of rotatable bonds is 4. The van der Waals surface area contributed by atoms with E-state index in [1.807, 2.05) is 0 Å². The van der Waals surface area contributed by atoms with Crippen molar-refractivity contribution in [3.05, 3.63) is 0 Å². The Hall–Kier alpha value is -0.570. The zero-order valence-electron chi connectivity index (χ0n) is 14.0. The quantitative estimate of drug-likeness (QED) is 0.863. The lowest BCUT2D eigenvalue weighted by molar-refractivity contribution is -0.127. The summed E-state index contributed by atoms with van der Waals surface area (Å²) >= 11 is 0. The summed E-state index contributed by atoms with van der Waals surface area (Å²) in [5.41, 5.74) is 0.431. The first-order valence-electron chi connectivity index (χ1n) is 9.50. The fourth-order valence-corrected chi connectivity index (χ4v) is 6.37. The summed E-state index contributed by atoms with van der Waals surface area (Å²) in [5, 5.41) is 3.40. The normalized spacial score (nSPS) is 42.3. The van der Waals surface area contributed by atoms with Gasteiger partial charge in [0, 0.05) is 25.7 Å². The van der Waals surface area contributed by atoms with Gasteiger partial charge in [-0.1, -0.05) is 0 Å². The Balaban J connectivity index is 1.35. The summed E-state index contributed by atoms with van der Waals surface area (Å²) < 4.78 is 5.40. The number of ether oxygens (including phenoxy) is 1. The molecule has 1 amide bonds. The van der Waals surface area contributed by atoms with Crippen LogP contribution in [0.25, 0.3) is 0 Å². The first kappa shape index (κ1) is 15.0. The highest BCUT2D eigenvalue weighted by Crippen LogP contribution is 2.61. The predicted octanol–water partition coefficient (Wildman–Crippen LogP) is 3.52. The minimum absolute atomic E-state index is 0.287. The first-order chi connectivity index (χ1) is 10.6. The Labute approximate surface area is 134 Å². The van der Waals surface area contributed by atoms with Crippen molar-refractivity contribution in [3.63, 3.8) is 0 Å². The molecule has 5 fully saturated rings. The Morgan fingerprint density at radius 2 is 1.64 bits per heavy atom. The maximum Gasteiger partial charge on any atom is 0.220 e. The number of hydrogen-bond acceptors (Lipinski definition) is 2. The molecule has 5 aliphatic rings. The lowest BCUT2D eigenvalue weighted by Gasteiger charge is -2.59. The van der Waals surface area contributed by atoms with Crippen molar-refractivity contribution in [3.8, 4) is 0 Å². The van der Waals surface area contributed by atoms with Crippen molar-refractivity contribution in [2.24, 2.45) is 29.1 Å². The van der Waals surface area contributed by atoms with Gasteiger partial charge in [0.1, 0.15) is 0 Å². The second kappa shape index (κ2) is 5.81. The van der Waals surface area contributed by atoms with Crippen LogP contribution < -0.4 is 5.32 Å². The minimum atomic E-state index is 0.287. The van der Waals surface area contributed by atoms with Crippen LogP contribution in [-0.2, 0) is 9.53 Å². The molecule has 4 aliphatic carbocycles. The van der Waals surface area contributed by atoms with Crippen LogP contribution in [0.4, 0.5) is 0 Å². The van der Waals surface area contributed by atoms with Crippen molar-refractivity contribution >= 4 is 5.91 Å². The standard InChI is InChI=1S/C19H31NO2/c1-13(20-18(21)9-14-2-4-22-5-3-14)19-10-15-6-16(11-19)8-17(7-15)12-19/h13-17H,2-12H2,1H3,(H,20,21). The fourth-order valence-electron chi connectivity index (χ4n) is 6.37. The molecule has 22 heavy (non-hydrogen) atoms. The zero-order valence-corrected chi connectivity index (χ0v) is 14.0. The van der Waals surface area contributed by atoms with E-state index in [4.69, 9.17) is 4.74 Å². The molecular weight excluding hydrogens is 274 g/mol. The lowest BCUT2D eigenvalue weighted by atomic mass is 9.48. The molecule has 124 valence electrons. The first-order valence-corrected chi connectivity index (χ1v) is 9.50. The van der Waals surface area contributed by atoms with Gasteiger partial charge in [-0.05, 0) is 87.4 Å². The van der Waals surface area contributed by atoms with E-state index in [0.717, 1.165) is 43.8 Å². The van der Waals surface area contributed by atoms with Gasteiger partial charge >= 0.3 is 0 Å². The minimum Gasteiger partial charge on any atom is -0.381 e. The van der Waals surface area contributed by atoms with Crippen LogP contribution in [0.2, 0.25) is 0 Å². The van der Waals surface area contributed by atoms with Gasteiger partial charge < -0.3 is 10.1 Å². The molecule has 1 saturated heterocycles. The Bertz CT molecular complexity index is 392. The average Bonchev–Trinajstić information content (AvgIpc) is 2.46. The third kappa shape index (κ3) is 2.81. The van der Waals surface area contributed by atoms with E-state index in [1.54, 1.807) is 0 Å². The maximum absolute atomic E-state index is 12.5. The summed E-state index contributed by atoms with van der Waals surface area (Å²) in [6.45, 7) is 3.96. The Morgan fingerprint density at radius 1 is 1.09 bits per heavy atom.